The lowest BCUT2D eigenvalue weighted by molar-refractivity contribution is -0.142. The average Bonchev–Trinajstić information content (AvgIpc) is 2.66. The SMILES string of the molecule is CC(C)CC(N)C(=O)NC(CCCN=C(N)N)C(=O)NCC(=O)NC(CC(C)C)C(=O)O. The van der Waals surface area contributed by atoms with Gasteiger partial charge in [0.05, 0.1) is 12.6 Å². The van der Waals surface area contributed by atoms with Crippen LogP contribution in [0.25, 0.3) is 0 Å². The molecule has 0 saturated heterocycles. The van der Waals surface area contributed by atoms with Gasteiger partial charge in [0.1, 0.15) is 12.1 Å². The molecule has 0 aliphatic carbocycles. The molecule has 0 bridgehead atoms. The third-order valence-corrected chi connectivity index (χ3v) is 4.40. The molecule has 12 heteroatoms. The number of nitrogens with zero attached hydrogens (tertiary/aromatic N) is 1. The van der Waals surface area contributed by atoms with E-state index in [4.69, 9.17) is 17.2 Å². The summed E-state index contributed by atoms with van der Waals surface area (Å²) >= 11 is 0. The summed E-state index contributed by atoms with van der Waals surface area (Å²) in [5.41, 5.74) is 16.5. The second-order valence-electron chi connectivity index (χ2n) is 8.55. The molecular formula is C20H39N7O5. The summed E-state index contributed by atoms with van der Waals surface area (Å²) in [5, 5.41) is 16.6. The molecule has 0 aromatic carbocycles. The number of carboxylic acid groups (broad SMARTS) is 1. The van der Waals surface area contributed by atoms with E-state index in [2.05, 4.69) is 20.9 Å². The molecule has 3 atom stereocenters. The first-order valence-corrected chi connectivity index (χ1v) is 10.7. The van der Waals surface area contributed by atoms with Crippen LogP contribution in [-0.2, 0) is 19.2 Å². The maximum absolute atomic E-state index is 12.6. The lowest BCUT2D eigenvalue weighted by Gasteiger charge is -2.21. The van der Waals surface area contributed by atoms with Gasteiger partial charge >= 0.3 is 5.97 Å². The monoisotopic (exact) mass is 457 g/mol. The summed E-state index contributed by atoms with van der Waals surface area (Å²) < 4.78 is 0. The zero-order valence-corrected chi connectivity index (χ0v) is 19.4. The minimum atomic E-state index is -1.15. The summed E-state index contributed by atoms with van der Waals surface area (Å²) in [6.45, 7) is 7.35. The average molecular weight is 458 g/mol. The molecule has 0 aliphatic heterocycles. The number of carbonyl (C=O) groups is 4. The second-order valence-corrected chi connectivity index (χ2v) is 8.55. The van der Waals surface area contributed by atoms with Gasteiger partial charge < -0.3 is 38.3 Å². The number of guanidine groups is 1. The van der Waals surface area contributed by atoms with Crippen LogP contribution in [0.15, 0.2) is 4.99 Å². The minimum absolute atomic E-state index is 0.0610. The highest BCUT2D eigenvalue weighted by Crippen LogP contribution is 2.06. The summed E-state index contributed by atoms with van der Waals surface area (Å²) in [4.78, 5) is 52.2. The van der Waals surface area contributed by atoms with Crippen molar-refractivity contribution in [2.45, 2.75) is 71.5 Å². The Hall–Kier alpha value is -2.89. The molecule has 0 aromatic heterocycles. The first-order valence-electron chi connectivity index (χ1n) is 10.7. The summed E-state index contributed by atoms with van der Waals surface area (Å²) in [6.07, 6.45) is 1.32. The van der Waals surface area contributed by atoms with Crippen molar-refractivity contribution in [3.05, 3.63) is 0 Å². The number of carbonyl (C=O) groups excluding carboxylic acids is 3. The highest BCUT2D eigenvalue weighted by Gasteiger charge is 2.25. The summed E-state index contributed by atoms with van der Waals surface area (Å²) in [5.74, 6) is -2.69. The van der Waals surface area contributed by atoms with Gasteiger partial charge in [0.15, 0.2) is 5.96 Å². The maximum Gasteiger partial charge on any atom is 0.326 e. The fourth-order valence-electron chi connectivity index (χ4n) is 2.89. The van der Waals surface area contributed by atoms with Gasteiger partial charge in [0.25, 0.3) is 0 Å². The number of amides is 3. The molecular weight excluding hydrogens is 418 g/mol. The van der Waals surface area contributed by atoms with Crippen LogP contribution < -0.4 is 33.2 Å². The number of nitrogens with two attached hydrogens (primary N) is 3. The van der Waals surface area contributed by atoms with Gasteiger partial charge in [-0.05, 0) is 37.5 Å². The van der Waals surface area contributed by atoms with Crippen molar-refractivity contribution in [1.29, 1.82) is 0 Å². The van der Waals surface area contributed by atoms with Crippen molar-refractivity contribution in [3.63, 3.8) is 0 Å². The zero-order valence-electron chi connectivity index (χ0n) is 19.4. The van der Waals surface area contributed by atoms with E-state index in [1.807, 2.05) is 27.7 Å². The molecule has 0 spiro atoms. The smallest absolute Gasteiger partial charge is 0.326 e. The maximum atomic E-state index is 12.6. The minimum Gasteiger partial charge on any atom is -0.480 e. The van der Waals surface area contributed by atoms with Gasteiger partial charge in [-0.2, -0.15) is 0 Å². The molecule has 0 saturated carbocycles. The molecule has 12 nitrogen and oxygen atoms in total. The van der Waals surface area contributed by atoms with E-state index >= 15 is 0 Å². The normalized spacial score (nSPS) is 13.7. The molecule has 0 heterocycles. The standard InChI is InChI=1S/C20H39N7O5/c1-11(2)8-13(21)17(29)27-14(6-5-7-24-20(22)23)18(30)25-10-16(28)26-15(19(31)32)9-12(3)4/h11-15H,5-10,21H2,1-4H3,(H,25,30)(H,26,28)(H,27,29)(H,31,32)(H4,22,23,24). The van der Waals surface area contributed by atoms with Crippen molar-refractivity contribution >= 4 is 29.7 Å². The number of hydrogen-bond acceptors (Lipinski definition) is 6. The van der Waals surface area contributed by atoms with Gasteiger partial charge in [-0.15, -0.1) is 0 Å². The number of nitrogens with one attached hydrogen (secondary N) is 3. The third kappa shape index (κ3) is 13.4. The zero-order chi connectivity index (χ0) is 24.8. The van der Waals surface area contributed by atoms with Gasteiger partial charge in [-0.25, -0.2) is 4.79 Å². The predicted molar refractivity (Wildman–Crippen MR) is 121 cm³/mol. The first-order chi connectivity index (χ1) is 14.8. The largest absolute Gasteiger partial charge is 0.480 e. The summed E-state index contributed by atoms with van der Waals surface area (Å²) in [6, 6.07) is -2.78. The molecule has 3 amide bonds. The molecule has 0 aliphatic rings. The van der Waals surface area contributed by atoms with Crippen LogP contribution in [-0.4, -0.2) is 66.0 Å². The van der Waals surface area contributed by atoms with Crippen molar-refractivity contribution in [2.75, 3.05) is 13.1 Å². The summed E-state index contributed by atoms with van der Waals surface area (Å²) in [7, 11) is 0. The van der Waals surface area contributed by atoms with E-state index in [1.165, 1.54) is 0 Å². The van der Waals surface area contributed by atoms with Crippen molar-refractivity contribution < 1.29 is 24.3 Å². The van der Waals surface area contributed by atoms with E-state index in [9.17, 15) is 24.3 Å². The van der Waals surface area contributed by atoms with Crippen molar-refractivity contribution in [2.24, 2.45) is 34.0 Å². The van der Waals surface area contributed by atoms with E-state index in [1.54, 1.807) is 0 Å². The van der Waals surface area contributed by atoms with Gasteiger partial charge in [-0.3, -0.25) is 19.4 Å². The Balaban J connectivity index is 4.98. The van der Waals surface area contributed by atoms with Gasteiger partial charge in [-0.1, -0.05) is 27.7 Å². The Morgan fingerprint density at radius 3 is 2.00 bits per heavy atom. The van der Waals surface area contributed by atoms with Crippen LogP contribution in [0.3, 0.4) is 0 Å². The van der Waals surface area contributed by atoms with Crippen LogP contribution in [0.4, 0.5) is 0 Å². The predicted octanol–water partition coefficient (Wildman–Crippen LogP) is -1.37. The van der Waals surface area contributed by atoms with Crippen molar-refractivity contribution in [1.82, 2.24) is 16.0 Å². The third-order valence-electron chi connectivity index (χ3n) is 4.40. The molecule has 0 aromatic rings. The lowest BCUT2D eigenvalue weighted by Crippen LogP contribution is -2.53. The molecule has 10 N–H and O–H groups in total. The second kappa shape index (κ2) is 15.0. The molecule has 0 radical (unpaired) electrons. The molecule has 32 heavy (non-hydrogen) atoms. The first kappa shape index (κ1) is 29.1. The van der Waals surface area contributed by atoms with E-state index in [-0.39, 0.29) is 37.2 Å². The van der Waals surface area contributed by atoms with Crippen molar-refractivity contribution in [3.8, 4) is 0 Å². The Morgan fingerprint density at radius 2 is 1.50 bits per heavy atom. The molecule has 0 rings (SSSR count). The highest BCUT2D eigenvalue weighted by molar-refractivity contribution is 5.92. The number of rotatable bonds is 15. The highest BCUT2D eigenvalue weighted by atomic mass is 16.4. The quantitative estimate of drug-likeness (QED) is 0.0882. The lowest BCUT2D eigenvalue weighted by atomic mass is 10.0. The topological polar surface area (TPSA) is 215 Å². The van der Waals surface area contributed by atoms with Crippen LogP contribution in [0.5, 0.6) is 0 Å². The Labute approximate surface area is 189 Å². The van der Waals surface area contributed by atoms with E-state index < -0.39 is 48.4 Å². The number of aliphatic carboxylic acids is 1. The van der Waals surface area contributed by atoms with Crippen LogP contribution in [0, 0.1) is 11.8 Å². The molecule has 0 fully saturated rings. The van der Waals surface area contributed by atoms with Crippen LogP contribution in [0.2, 0.25) is 0 Å². The fourth-order valence-corrected chi connectivity index (χ4v) is 2.89. The van der Waals surface area contributed by atoms with Crippen LogP contribution >= 0.6 is 0 Å². The Morgan fingerprint density at radius 1 is 0.906 bits per heavy atom. The number of aliphatic imine (C=N–C) groups is 1. The van der Waals surface area contributed by atoms with Gasteiger partial charge in [0.2, 0.25) is 17.7 Å². The van der Waals surface area contributed by atoms with Crippen LogP contribution in [0.1, 0.15) is 53.4 Å². The Bertz CT molecular complexity index is 663. The number of carboxylic acids is 1. The number of hydrogen-bond donors (Lipinski definition) is 7. The Kier molecular flexibility index (Phi) is 13.6. The van der Waals surface area contributed by atoms with Gasteiger partial charge in [0, 0.05) is 6.54 Å². The van der Waals surface area contributed by atoms with E-state index in [0.29, 0.717) is 12.8 Å². The van der Waals surface area contributed by atoms with E-state index in [0.717, 1.165) is 0 Å². The fraction of sp³-hybridized carbons (Fsp3) is 0.750. The molecule has 184 valence electrons. The molecule has 3 unspecified atom stereocenters.